The number of rotatable bonds is 0. The Morgan fingerprint density at radius 1 is 1.70 bits per heavy atom. The van der Waals surface area contributed by atoms with Crippen LogP contribution in [0.4, 0.5) is 0 Å². The summed E-state index contributed by atoms with van der Waals surface area (Å²) in [4.78, 5) is 0. The molecule has 1 aliphatic carbocycles. The minimum absolute atomic E-state index is 0.508. The number of allylic oxidation sites excluding steroid dienone is 3. The highest BCUT2D eigenvalue weighted by Gasteiger charge is 1.94. The maximum Gasteiger partial charge on any atom is 0.0958 e. The van der Waals surface area contributed by atoms with Crippen LogP contribution in [0.25, 0.3) is 0 Å². The maximum atomic E-state index is 8.46. The second-order valence-corrected chi connectivity index (χ2v) is 1.92. The Morgan fingerprint density at radius 3 is 3.20 bits per heavy atom. The highest BCUT2D eigenvalue weighted by Crippen LogP contribution is 2.03. The van der Waals surface area contributed by atoms with Crippen molar-refractivity contribution in [2.45, 2.75) is 6.42 Å². The largest absolute Gasteiger partial charge is 0.398 e. The van der Waals surface area contributed by atoms with Crippen LogP contribution in [0.2, 0.25) is 0 Å². The highest BCUT2D eigenvalue weighted by molar-refractivity contribution is 5.40. The molecule has 0 atom stereocenters. The first-order valence-corrected chi connectivity index (χ1v) is 2.87. The standard InChI is InChI=1S/C8H6N2/c9-6-7-3-1-2-4-8(10)5-7/h4-5H,3,10H2. The molecule has 2 heteroatoms. The molecule has 10 heavy (non-hydrogen) atoms. The summed E-state index contributed by atoms with van der Waals surface area (Å²) in [6, 6.07) is 2.01. The SMILES string of the molecule is N#CC1=CC(N)=CC#CC1. The highest BCUT2D eigenvalue weighted by atomic mass is 14.6. The summed E-state index contributed by atoms with van der Waals surface area (Å²) in [5.74, 6) is 5.50. The van der Waals surface area contributed by atoms with Crippen molar-refractivity contribution in [3.63, 3.8) is 0 Å². The van der Waals surface area contributed by atoms with Crippen LogP contribution in [0.1, 0.15) is 6.42 Å². The fourth-order valence-electron chi connectivity index (χ4n) is 0.646. The zero-order valence-electron chi connectivity index (χ0n) is 5.39. The van der Waals surface area contributed by atoms with Crippen molar-refractivity contribution in [3.05, 3.63) is 23.4 Å². The van der Waals surface area contributed by atoms with Crippen LogP contribution < -0.4 is 5.73 Å². The molecule has 0 spiro atoms. The molecule has 0 aromatic carbocycles. The van der Waals surface area contributed by atoms with Crippen molar-refractivity contribution in [1.82, 2.24) is 0 Å². The van der Waals surface area contributed by atoms with Gasteiger partial charge in [-0.25, -0.2) is 0 Å². The van der Waals surface area contributed by atoms with Gasteiger partial charge >= 0.3 is 0 Å². The quantitative estimate of drug-likeness (QED) is 0.490. The molecule has 0 saturated carbocycles. The fraction of sp³-hybridized carbons (Fsp3) is 0.125. The summed E-state index contributed by atoms with van der Waals surface area (Å²) in [6.07, 6.45) is 3.74. The molecule has 48 valence electrons. The summed E-state index contributed by atoms with van der Waals surface area (Å²) in [5, 5.41) is 8.46. The number of hydrogen-bond donors (Lipinski definition) is 1. The molecule has 0 heterocycles. The average Bonchev–Trinajstić information content (AvgIpc) is 2.13. The van der Waals surface area contributed by atoms with Gasteiger partial charge in [0.1, 0.15) is 0 Å². The van der Waals surface area contributed by atoms with Crippen LogP contribution in [-0.2, 0) is 0 Å². The summed E-state index contributed by atoms with van der Waals surface area (Å²) in [6.45, 7) is 0. The van der Waals surface area contributed by atoms with Gasteiger partial charge in [0.05, 0.1) is 6.07 Å². The number of nitriles is 1. The van der Waals surface area contributed by atoms with Gasteiger partial charge in [-0.05, 0) is 6.08 Å². The predicted molar refractivity (Wildman–Crippen MR) is 38.4 cm³/mol. The molecule has 0 aromatic heterocycles. The van der Waals surface area contributed by atoms with Crippen molar-refractivity contribution in [1.29, 1.82) is 5.26 Å². The van der Waals surface area contributed by atoms with Gasteiger partial charge in [0, 0.05) is 23.8 Å². The second kappa shape index (κ2) is 2.75. The molecule has 0 fully saturated rings. The first-order valence-electron chi connectivity index (χ1n) is 2.87. The summed E-state index contributed by atoms with van der Waals surface area (Å²) in [7, 11) is 0. The third-order valence-electron chi connectivity index (χ3n) is 1.10. The van der Waals surface area contributed by atoms with Gasteiger partial charge in [-0.3, -0.25) is 0 Å². The zero-order valence-corrected chi connectivity index (χ0v) is 5.39. The van der Waals surface area contributed by atoms with Gasteiger partial charge < -0.3 is 5.73 Å². The van der Waals surface area contributed by atoms with Crippen LogP contribution in [0, 0.1) is 23.2 Å². The topological polar surface area (TPSA) is 49.8 Å². The Morgan fingerprint density at radius 2 is 2.50 bits per heavy atom. The Balaban J connectivity index is 2.95. The van der Waals surface area contributed by atoms with Crippen LogP contribution in [0.15, 0.2) is 23.4 Å². The summed E-state index contributed by atoms with van der Waals surface area (Å²) >= 11 is 0. The lowest BCUT2D eigenvalue weighted by atomic mass is 10.2. The molecular weight excluding hydrogens is 124 g/mol. The zero-order chi connectivity index (χ0) is 7.40. The summed E-state index contributed by atoms with van der Waals surface area (Å²) in [5.41, 5.74) is 6.61. The second-order valence-electron chi connectivity index (χ2n) is 1.92. The lowest BCUT2D eigenvalue weighted by molar-refractivity contribution is 1.30. The van der Waals surface area contributed by atoms with E-state index in [1.165, 1.54) is 0 Å². The lowest BCUT2D eigenvalue weighted by Gasteiger charge is -1.87. The molecule has 0 aromatic rings. The Kier molecular flexibility index (Phi) is 1.78. The first kappa shape index (κ1) is 6.45. The molecule has 2 N–H and O–H groups in total. The van der Waals surface area contributed by atoms with E-state index in [-0.39, 0.29) is 0 Å². The van der Waals surface area contributed by atoms with Gasteiger partial charge in [-0.15, -0.1) is 0 Å². The normalized spacial score (nSPS) is 15.1. The van der Waals surface area contributed by atoms with E-state index in [4.69, 9.17) is 11.0 Å². The van der Waals surface area contributed by atoms with E-state index in [9.17, 15) is 0 Å². The molecule has 0 unspecified atom stereocenters. The third-order valence-corrected chi connectivity index (χ3v) is 1.10. The van der Waals surface area contributed by atoms with E-state index in [0.29, 0.717) is 17.7 Å². The maximum absolute atomic E-state index is 8.46. The van der Waals surface area contributed by atoms with E-state index >= 15 is 0 Å². The van der Waals surface area contributed by atoms with Crippen molar-refractivity contribution in [3.8, 4) is 17.9 Å². The minimum Gasteiger partial charge on any atom is -0.398 e. The monoisotopic (exact) mass is 130 g/mol. The smallest absolute Gasteiger partial charge is 0.0958 e. The minimum atomic E-state index is 0.508. The van der Waals surface area contributed by atoms with Crippen molar-refractivity contribution in [2.75, 3.05) is 0 Å². The van der Waals surface area contributed by atoms with Gasteiger partial charge in [0.2, 0.25) is 0 Å². The molecule has 2 nitrogen and oxygen atoms in total. The average molecular weight is 130 g/mol. The van der Waals surface area contributed by atoms with Crippen molar-refractivity contribution < 1.29 is 0 Å². The third kappa shape index (κ3) is 1.40. The number of hydrogen-bond acceptors (Lipinski definition) is 2. The molecular formula is C8H6N2. The van der Waals surface area contributed by atoms with E-state index in [0.717, 1.165) is 0 Å². The van der Waals surface area contributed by atoms with Crippen molar-refractivity contribution in [2.24, 2.45) is 5.73 Å². The Labute approximate surface area is 59.6 Å². The lowest BCUT2D eigenvalue weighted by Crippen LogP contribution is -1.92. The first-order chi connectivity index (χ1) is 4.83. The van der Waals surface area contributed by atoms with Gasteiger partial charge in [-0.2, -0.15) is 5.26 Å². The van der Waals surface area contributed by atoms with E-state index in [2.05, 4.69) is 11.8 Å². The van der Waals surface area contributed by atoms with E-state index in [1.807, 2.05) is 6.07 Å². The van der Waals surface area contributed by atoms with Gasteiger partial charge in [0.15, 0.2) is 0 Å². The van der Waals surface area contributed by atoms with Crippen LogP contribution >= 0.6 is 0 Å². The van der Waals surface area contributed by atoms with Crippen LogP contribution in [-0.4, -0.2) is 0 Å². The molecule has 0 aliphatic heterocycles. The molecule has 1 rings (SSSR count). The number of nitrogens with two attached hydrogens (primary N) is 1. The van der Waals surface area contributed by atoms with E-state index in [1.54, 1.807) is 12.2 Å². The van der Waals surface area contributed by atoms with Gasteiger partial charge in [0.25, 0.3) is 0 Å². The Hall–Kier alpha value is -1.67. The van der Waals surface area contributed by atoms with E-state index < -0.39 is 0 Å². The molecule has 0 radical (unpaired) electrons. The van der Waals surface area contributed by atoms with Crippen LogP contribution in [0.3, 0.4) is 0 Å². The summed E-state index contributed by atoms with van der Waals surface area (Å²) < 4.78 is 0. The van der Waals surface area contributed by atoms with Gasteiger partial charge in [-0.1, -0.05) is 11.8 Å². The van der Waals surface area contributed by atoms with Crippen LogP contribution in [0.5, 0.6) is 0 Å². The number of nitrogens with zero attached hydrogens (tertiary/aromatic N) is 1. The molecule has 0 saturated heterocycles. The predicted octanol–water partition coefficient (Wildman–Crippen LogP) is 0.686. The molecule has 0 amide bonds. The fourth-order valence-corrected chi connectivity index (χ4v) is 0.646. The van der Waals surface area contributed by atoms with Crippen molar-refractivity contribution >= 4 is 0 Å². The Bertz CT molecular complexity index is 291. The molecule has 1 aliphatic rings. The molecule has 0 bridgehead atoms.